The smallest absolute Gasteiger partial charge is 0.287 e. The largest absolute Gasteiger partial charge is 0.368 e. The van der Waals surface area contributed by atoms with Gasteiger partial charge in [0, 0.05) is 12.6 Å². The molecule has 0 saturated heterocycles. The third-order valence-electron chi connectivity index (χ3n) is 3.29. The van der Waals surface area contributed by atoms with Gasteiger partial charge in [-0.25, -0.2) is 9.37 Å². The maximum Gasteiger partial charge on any atom is 0.287 e. The van der Waals surface area contributed by atoms with Crippen molar-refractivity contribution in [3.05, 3.63) is 64.1 Å². The quantitative estimate of drug-likeness (QED) is 0.656. The van der Waals surface area contributed by atoms with Gasteiger partial charge in [0.25, 0.3) is 5.69 Å². The Balaban J connectivity index is 2.07. The predicted octanol–water partition coefficient (Wildman–Crippen LogP) is 2.84. The van der Waals surface area contributed by atoms with Crippen molar-refractivity contribution in [2.75, 3.05) is 26.0 Å². The molecule has 0 aliphatic rings. The first kappa shape index (κ1) is 15.8. The maximum atomic E-state index is 13.4. The molecule has 0 spiro atoms. The summed E-state index contributed by atoms with van der Waals surface area (Å²) in [4.78, 5) is 16.1. The zero-order valence-electron chi connectivity index (χ0n) is 12.4. The molecule has 0 saturated carbocycles. The second-order valence-electron chi connectivity index (χ2n) is 5.07. The molecule has 0 fully saturated rings. The van der Waals surface area contributed by atoms with Gasteiger partial charge in [-0.05, 0) is 37.9 Å². The standard InChI is InChI=1S/C15H17FN4O2/c1-19(2)14(11-4-3-5-12(16)8-11)10-18-15-7-6-13(9-17-15)20(21)22/h3-9,14H,10H2,1-2H3,(H,17,18)/t14-/m0/s1. The van der Waals surface area contributed by atoms with Crippen LogP contribution in [0, 0.1) is 15.9 Å². The lowest BCUT2D eigenvalue weighted by Crippen LogP contribution is -2.27. The van der Waals surface area contributed by atoms with E-state index >= 15 is 0 Å². The van der Waals surface area contributed by atoms with Crippen molar-refractivity contribution in [1.29, 1.82) is 0 Å². The second kappa shape index (κ2) is 6.95. The Hall–Kier alpha value is -2.54. The Morgan fingerprint density at radius 3 is 2.68 bits per heavy atom. The number of pyridine rings is 1. The van der Waals surface area contributed by atoms with E-state index in [0.29, 0.717) is 12.4 Å². The first-order chi connectivity index (χ1) is 10.5. The van der Waals surface area contributed by atoms with Crippen LogP contribution < -0.4 is 5.32 Å². The molecular formula is C15H17FN4O2. The van der Waals surface area contributed by atoms with E-state index in [4.69, 9.17) is 0 Å². The molecule has 2 aromatic rings. The van der Waals surface area contributed by atoms with Gasteiger partial charge in [-0.3, -0.25) is 10.1 Å². The molecule has 1 atom stereocenters. The van der Waals surface area contributed by atoms with Crippen molar-refractivity contribution < 1.29 is 9.31 Å². The molecule has 1 N–H and O–H groups in total. The molecule has 0 aliphatic heterocycles. The number of nitro groups is 1. The van der Waals surface area contributed by atoms with Crippen molar-refractivity contribution >= 4 is 11.5 Å². The van der Waals surface area contributed by atoms with Crippen LogP contribution in [-0.4, -0.2) is 35.4 Å². The van der Waals surface area contributed by atoms with Crippen LogP contribution >= 0.6 is 0 Å². The fourth-order valence-electron chi connectivity index (χ4n) is 2.11. The number of benzene rings is 1. The molecule has 116 valence electrons. The Morgan fingerprint density at radius 2 is 2.14 bits per heavy atom. The lowest BCUT2D eigenvalue weighted by molar-refractivity contribution is -0.385. The monoisotopic (exact) mass is 304 g/mol. The lowest BCUT2D eigenvalue weighted by atomic mass is 10.1. The first-order valence-electron chi connectivity index (χ1n) is 6.73. The summed E-state index contributed by atoms with van der Waals surface area (Å²) in [7, 11) is 3.81. The molecule has 6 nitrogen and oxygen atoms in total. The number of likely N-dealkylation sites (N-methyl/N-ethyl adjacent to an activating group) is 1. The van der Waals surface area contributed by atoms with Crippen molar-refractivity contribution in [3.8, 4) is 0 Å². The topological polar surface area (TPSA) is 71.3 Å². The van der Waals surface area contributed by atoms with Gasteiger partial charge in [0.2, 0.25) is 0 Å². The number of aromatic nitrogens is 1. The molecule has 7 heteroatoms. The predicted molar refractivity (Wildman–Crippen MR) is 82.2 cm³/mol. The summed E-state index contributed by atoms with van der Waals surface area (Å²) in [5, 5.41) is 13.7. The van der Waals surface area contributed by atoms with E-state index in [0.717, 1.165) is 5.56 Å². The summed E-state index contributed by atoms with van der Waals surface area (Å²) in [5.74, 6) is 0.256. The van der Waals surface area contributed by atoms with Crippen molar-refractivity contribution in [3.63, 3.8) is 0 Å². The fourth-order valence-corrected chi connectivity index (χ4v) is 2.11. The number of nitrogens with one attached hydrogen (secondary N) is 1. The van der Waals surface area contributed by atoms with Crippen LogP contribution in [0.1, 0.15) is 11.6 Å². The van der Waals surface area contributed by atoms with Crippen LogP contribution in [0.15, 0.2) is 42.6 Å². The summed E-state index contributed by atoms with van der Waals surface area (Å²) in [6.07, 6.45) is 1.20. The number of halogens is 1. The first-order valence-corrected chi connectivity index (χ1v) is 6.73. The third kappa shape index (κ3) is 3.98. The third-order valence-corrected chi connectivity index (χ3v) is 3.29. The van der Waals surface area contributed by atoms with Gasteiger partial charge in [-0.1, -0.05) is 12.1 Å². The van der Waals surface area contributed by atoms with Crippen LogP contribution in [0.5, 0.6) is 0 Å². The zero-order valence-corrected chi connectivity index (χ0v) is 12.4. The second-order valence-corrected chi connectivity index (χ2v) is 5.07. The SMILES string of the molecule is CN(C)[C@@H](CNc1ccc([N+](=O)[O-])cn1)c1cccc(F)c1. The minimum Gasteiger partial charge on any atom is -0.368 e. The number of rotatable bonds is 6. The molecule has 0 bridgehead atoms. The van der Waals surface area contributed by atoms with Crippen LogP contribution in [0.25, 0.3) is 0 Å². The molecule has 1 aromatic carbocycles. The molecule has 22 heavy (non-hydrogen) atoms. The van der Waals surface area contributed by atoms with E-state index in [1.54, 1.807) is 12.1 Å². The van der Waals surface area contributed by atoms with E-state index in [-0.39, 0.29) is 17.5 Å². The Bertz CT molecular complexity index is 646. The van der Waals surface area contributed by atoms with Gasteiger partial charge < -0.3 is 10.2 Å². The molecule has 0 unspecified atom stereocenters. The average Bonchev–Trinajstić information content (AvgIpc) is 2.47. The normalized spacial score (nSPS) is 12.2. The van der Waals surface area contributed by atoms with Gasteiger partial charge in [0.1, 0.15) is 17.8 Å². The minimum atomic E-state index is -0.494. The van der Waals surface area contributed by atoms with Gasteiger partial charge in [-0.2, -0.15) is 0 Å². The van der Waals surface area contributed by atoms with Crippen molar-refractivity contribution in [2.45, 2.75) is 6.04 Å². The molecule has 2 rings (SSSR count). The lowest BCUT2D eigenvalue weighted by Gasteiger charge is -2.25. The summed E-state index contributed by atoms with van der Waals surface area (Å²) in [5.41, 5.74) is 0.791. The summed E-state index contributed by atoms with van der Waals surface area (Å²) in [6, 6.07) is 9.33. The van der Waals surface area contributed by atoms with Gasteiger partial charge >= 0.3 is 0 Å². The van der Waals surface area contributed by atoms with Crippen LogP contribution in [0.2, 0.25) is 0 Å². The highest BCUT2D eigenvalue weighted by molar-refractivity contribution is 5.40. The number of hydrogen-bond donors (Lipinski definition) is 1. The molecule has 0 aliphatic carbocycles. The molecule has 0 radical (unpaired) electrons. The van der Waals surface area contributed by atoms with E-state index < -0.39 is 4.92 Å². The molecule has 0 amide bonds. The van der Waals surface area contributed by atoms with Gasteiger partial charge in [0.05, 0.1) is 11.0 Å². The van der Waals surface area contributed by atoms with Gasteiger partial charge in [-0.15, -0.1) is 0 Å². The summed E-state index contributed by atoms with van der Waals surface area (Å²) < 4.78 is 13.4. The van der Waals surface area contributed by atoms with Crippen molar-refractivity contribution in [1.82, 2.24) is 9.88 Å². The van der Waals surface area contributed by atoms with Crippen LogP contribution in [0.4, 0.5) is 15.9 Å². The summed E-state index contributed by atoms with van der Waals surface area (Å²) >= 11 is 0. The van der Waals surface area contributed by atoms with Crippen LogP contribution in [-0.2, 0) is 0 Å². The summed E-state index contributed by atoms with van der Waals surface area (Å²) in [6.45, 7) is 0.501. The zero-order chi connectivity index (χ0) is 16.1. The van der Waals surface area contributed by atoms with Crippen molar-refractivity contribution in [2.24, 2.45) is 0 Å². The highest BCUT2D eigenvalue weighted by atomic mass is 19.1. The van der Waals surface area contributed by atoms with E-state index in [9.17, 15) is 14.5 Å². The fraction of sp³-hybridized carbons (Fsp3) is 0.267. The molecule has 1 aromatic heterocycles. The van der Waals surface area contributed by atoms with Crippen LogP contribution in [0.3, 0.4) is 0 Å². The number of nitrogens with zero attached hydrogens (tertiary/aromatic N) is 3. The van der Waals surface area contributed by atoms with E-state index in [1.807, 2.05) is 25.1 Å². The Kier molecular flexibility index (Phi) is 5.00. The minimum absolute atomic E-state index is 0.0484. The highest BCUT2D eigenvalue weighted by Gasteiger charge is 2.15. The number of hydrogen-bond acceptors (Lipinski definition) is 5. The van der Waals surface area contributed by atoms with E-state index in [2.05, 4.69) is 10.3 Å². The Labute approximate surface area is 127 Å². The van der Waals surface area contributed by atoms with E-state index in [1.165, 1.54) is 24.4 Å². The average molecular weight is 304 g/mol. The van der Waals surface area contributed by atoms with Gasteiger partial charge in [0.15, 0.2) is 0 Å². The molecule has 1 heterocycles. The number of anilines is 1. The highest BCUT2D eigenvalue weighted by Crippen LogP contribution is 2.20. The maximum absolute atomic E-state index is 13.4. The Morgan fingerprint density at radius 1 is 1.36 bits per heavy atom. The molecular weight excluding hydrogens is 287 g/mol.